The van der Waals surface area contributed by atoms with Gasteiger partial charge in [-0.1, -0.05) is 60.7 Å². The molecular weight excluding hydrogens is 253 g/mol. The van der Waals surface area contributed by atoms with E-state index < -0.39 is 0 Å². The van der Waals surface area contributed by atoms with Crippen LogP contribution in [0.1, 0.15) is 5.56 Å². The van der Waals surface area contributed by atoms with Gasteiger partial charge in [-0.3, -0.25) is 5.10 Å². The summed E-state index contributed by atoms with van der Waals surface area (Å²) in [6.07, 6.45) is 0. The Morgan fingerprint density at radius 2 is 1.60 bits per heavy atom. The number of nitrogens with zero attached hydrogens (tertiary/aromatic N) is 1. The first-order valence-electron chi connectivity index (χ1n) is 6.41. The lowest BCUT2D eigenvalue weighted by molar-refractivity contribution is 0.634. The minimum atomic E-state index is -0.355. The number of aromatic amines is 1. The number of nitrogens with one attached hydrogen (secondary N) is 2. The molecule has 100 valence electrons. The van der Waals surface area contributed by atoms with E-state index >= 15 is 0 Å². The van der Waals surface area contributed by atoms with Gasteiger partial charge in [-0.15, -0.1) is 0 Å². The van der Waals surface area contributed by atoms with Crippen molar-refractivity contribution in [3.63, 3.8) is 0 Å². The molecule has 4 heteroatoms. The molecule has 3 nitrogen and oxygen atoms in total. The Morgan fingerprint density at radius 3 is 2.30 bits per heavy atom. The van der Waals surface area contributed by atoms with Crippen LogP contribution in [0.4, 0.5) is 10.2 Å². The number of benzene rings is 2. The summed E-state index contributed by atoms with van der Waals surface area (Å²) in [4.78, 5) is 0. The molecule has 0 fully saturated rings. The van der Waals surface area contributed by atoms with E-state index in [2.05, 4.69) is 15.5 Å². The van der Waals surface area contributed by atoms with E-state index in [0.29, 0.717) is 18.1 Å². The summed E-state index contributed by atoms with van der Waals surface area (Å²) in [5.41, 5.74) is 2.18. The number of hydrogen-bond donors (Lipinski definition) is 2. The number of aromatic nitrogens is 2. The number of H-pyrrole nitrogens is 1. The van der Waals surface area contributed by atoms with Gasteiger partial charge in [0.25, 0.3) is 0 Å². The number of hydrogen-bond acceptors (Lipinski definition) is 2. The molecule has 0 atom stereocenters. The van der Waals surface area contributed by atoms with Crippen molar-refractivity contribution in [1.29, 1.82) is 0 Å². The molecule has 2 N–H and O–H groups in total. The lowest BCUT2D eigenvalue weighted by Gasteiger charge is -2.03. The number of rotatable bonds is 4. The van der Waals surface area contributed by atoms with Crippen LogP contribution in [0.2, 0.25) is 0 Å². The average Bonchev–Trinajstić information content (AvgIpc) is 2.88. The fourth-order valence-corrected chi connectivity index (χ4v) is 2.02. The van der Waals surface area contributed by atoms with Gasteiger partial charge in [0.2, 0.25) is 0 Å². The molecule has 0 aliphatic carbocycles. The van der Waals surface area contributed by atoms with E-state index in [1.807, 2.05) is 60.7 Å². The molecule has 3 rings (SSSR count). The number of halogens is 1. The van der Waals surface area contributed by atoms with Crippen molar-refractivity contribution in [2.24, 2.45) is 0 Å². The van der Waals surface area contributed by atoms with Gasteiger partial charge in [0.05, 0.1) is 0 Å². The Morgan fingerprint density at radius 1 is 0.950 bits per heavy atom. The molecule has 0 amide bonds. The second-order valence-corrected chi connectivity index (χ2v) is 4.47. The molecule has 20 heavy (non-hydrogen) atoms. The molecular formula is C16H14FN3. The van der Waals surface area contributed by atoms with Gasteiger partial charge in [-0.2, -0.15) is 5.10 Å². The van der Waals surface area contributed by atoms with Crippen molar-refractivity contribution in [3.8, 4) is 11.3 Å². The predicted octanol–water partition coefficient (Wildman–Crippen LogP) is 3.83. The van der Waals surface area contributed by atoms with Crippen LogP contribution in [-0.4, -0.2) is 10.2 Å². The Balaban J connectivity index is 1.78. The Kier molecular flexibility index (Phi) is 3.46. The summed E-state index contributed by atoms with van der Waals surface area (Å²) in [7, 11) is 0. The zero-order valence-corrected chi connectivity index (χ0v) is 10.8. The maximum absolute atomic E-state index is 14.3. The molecule has 0 saturated heterocycles. The molecule has 2 aromatic carbocycles. The molecule has 3 aromatic rings. The van der Waals surface area contributed by atoms with Crippen molar-refractivity contribution < 1.29 is 4.39 Å². The third-order valence-electron chi connectivity index (χ3n) is 3.07. The topological polar surface area (TPSA) is 40.7 Å². The summed E-state index contributed by atoms with van der Waals surface area (Å²) >= 11 is 0. The van der Waals surface area contributed by atoms with Gasteiger partial charge in [0.15, 0.2) is 11.6 Å². The molecule has 0 bridgehead atoms. The molecule has 1 aromatic heterocycles. The van der Waals surface area contributed by atoms with Crippen molar-refractivity contribution in [3.05, 3.63) is 72.0 Å². The highest BCUT2D eigenvalue weighted by atomic mass is 19.1. The van der Waals surface area contributed by atoms with E-state index in [4.69, 9.17) is 0 Å². The van der Waals surface area contributed by atoms with Crippen LogP contribution < -0.4 is 5.32 Å². The van der Waals surface area contributed by atoms with Crippen molar-refractivity contribution >= 4 is 5.82 Å². The highest BCUT2D eigenvalue weighted by Crippen LogP contribution is 2.24. The average molecular weight is 267 g/mol. The summed E-state index contributed by atoms with van der Waals surface area (Å²) in [5, 5.41) is 9.77. The van der Waals surface area contributed by atoms with Gasteiger partial charge in [-0.25, -0.2) is 4.39 Å². The standard InChI is InChI=1S/C16H14FN3/c17-14-15(13-9-5-2-6-10-13)19-20-16(14)18-11-12-7-3-1-4-8-12/h1-10H,11H2,(H2,18,19,20). The summed E-state index contributed by atoms with van der Waals surface area (Å²) < 4.78 is 14.3. The maximum atomic E-state index is 14.3. The predicted molar refractivity (Wildman–Crippen MR) is 77.8 cm³/mol. The smallest absolute Gasteiger partial charge is 0.192 e. The summed E-state index contributed by atoms with van der Waals surface area (Å²) in [5.74, 6) is -0.0418. The third kappa shape index (κ3) is 2.54. The fourth-order valence-electron chi connectivity index (χ4n) is 2.02. The van der Waals surface area contributed by atoms with Crippen LogP contribution in [0.3, 0.4) is 0 Å². The Bertz CT molecular complexity index is 677. The van der Waals surface area contributed by atoms with Gasteiger partial charge < -0.3 is 5.32 Å². The molecule has 0 aliphatic rings. The van der Waals surface area contributed by atoms with Crippen LogP contribution in [0.5, 0.6) is 0 Å². The molecule has 0 radical (unpaired) electrons. The van der Waals surface area contributed by atoms with Crippen molar-refractivity contribution in [2.45, 2.75) is 6.54 Å². The SMILES string of the molecule is Fc1c(-c2ccccc2)n[nH]c1NCc1ccccc1. The molecule has 0 saturated carbocycles. The quantitative estimate of drug-likeness (QED) is 0.754. The first-order chi connectivity index (χ1) is 9.84. The van der Waals surface area contributed by atoms with Gasteiger partial charge in [0, 0.05) is 12.1 Å². The minimum Gasteiger partial charge on any atom is -0.364 e. The van der Waals surface area contributed by atoms with E-state index in [1.54, 1.807) is 0 Å². The van der Waals surface area contributed by atoms with Crippen LogP contribution >= 0.6 is 0 Å². The molecule has 0 aliphatic heterocycles. The van der Waals surface area contributed by atoms with Gasteiger partial charge in [0.1, 0.15) is 5.69 Å². The lowest BCUT2D eigenvalue weighted by atomic mass is 10.1. The Labute approximate surface area is 116 Å². The largest absolute Gasteiger partial charge is 0.364 e. The normalized spacial score (nSPS) is 10.4. The van der Waals surface area contributed by atoms with Crippen LogP contribution in [0.25, 0.3) is 11.3 Å². The highest BCUT2D eigenvalue weighted by Gasteiger charge is 2.13. The second-order valence-electron chi connectivity index (χ2n) is 4.47. The summed E-state index contributed by atoms with van der Waals surface area (Å²) in [6.45, 7) is 0.550. The van der Waals surface area contributed by atoms with Crippen molar-refractivity contribution in [1.82, 2.24) is 10.2 Å². The first kappa shape index (κ1) is 12.4. The molecule has 0 unspecified atom stereocenters. The minimum absolute atomic E-state index is 0.313. The Hall–Kier alpha value is -2.62. The lowest BCUT2D eigenvalue weighted by Crippen LogP contribution is -2.00. The van der Waals surface area contributed by atoms with Gasteiger partial charge >= 0.3 is 0 Å². The highest BCUT2D eigenvalue weighted by molar-refractivity contribution is 5.63. The van der Waals surface area contributed by atoms with Crippen LogP contribution in [-0.2, 0) is 6.54 Å². The van der Waals surface area contributed by atoms with Crippen LogP contribution in [0.15, 0.2) is 60.7 Å². The molecule has 0 spiro atoms. The summed E-state index contributed by atoms with van der Waals surface area (Å²) in [6, 6.07) is 19.1. The van der Waals surface area contributed by atoms with E-state index in [0.717, 1.165) is 11.1 Å². The monoisotopic (exact) mass is 267 g/mol. The first-order valence-corrected chi connectivity index (χ1v) is 6.41. The van der Waals surface area contributed by atoms with Crippen molar-refractivity contribution in [2.75, 3.05) is 5.32 Å². The van der Waals surface area contributed by atoms with E-state index in [-0.39, 0.29) is 5.82 Å². The van der Waals surface area contributed by atoms with Crippen LogP contribution in [0, 0.1) is 5.82 Å². The fraction of sp³-hybridized carbons (Fsp3) is 0.0625. The second kappa shape index (κ2) is 5.57. The number of anilines is 1. The van der Waals surface area contributed by atoms with Gasteiger partial charge in [-0.05, 0) is 5.56 Å². The third-order valence-corrected chi connectivity index (χ3v) is 3.07. The maximum Gasteiger partial charge on any atom is 0.192 e. The zero-order valence-electron chi connectivity index (χ0n) is 10.8. The molecule has 1 heterocycles. The van der Waals surface area contributed by atoms with E-state index in [9.17, 15) is 4.39 Å². The van der Waals surface area contributed by atoms with E-state index in [1.165, 1.54) is 0 Å². The zero-order chi connectivity index (χ0) is 13.8.